The van der Waals surface area contributed by atoms with Crippen LogP contribution in [0.3, 0.4) is 0 Å². The molecule has 3 aromatic rings. The number of rotatable bonds is 9. The summed E-state index contributed by atoms with van der Waals surface area (Å²) in [7, 11) is 1.91. The summed E-state index contributed by atoms with van der Waals surface area (Å²) in [5.41, 5.74) is 0.790. The molecule has 2 heterocycles. The monoisotopic (exact) mass is 498 g/mol. The van der Waals surface area contributed by atoms with Crippen LogP contribution in [-0.4, -0.2) is 53.6 Å². The zero-order valence-electron chi connectivity index (χ0n) is 18.6. The third-order valence-corrected chi connectivity index (χ3v) is 7.00. The molecule has 1 aliphatic rings. The molecule has 2 aromatic heterocycles. The first-order chi connectivity index (χ1) is 16.2. The van der Waals surface area contributed by atoms with Crippen molar-refractivity contribution in [3.8, 4) is 5.75 Å². The molecule has 11 heteroatoms. The highest BCUT2D eigenvalue weighted by atomic mass is 32.1. The molecular weight excluding hydrogens is 472 g/mol. The Hall–Kier alpha value is -2.50. The molecule has 0 radical (unpaired) electrons. The third kappa shape index (κ3) is 5.94. The van der Waals surface area contributed by atoms with Gasteiger partial charge in [-0.15, -0.1) is 11.3 Å². The molecule has 6 nitrogen and oxygen atoms in total. The normalized spacial score (nSPS) is 18.5. The summed E-state index contributed by atoms with van der Waals surface area (Å²) in [5, 5.41) is 12.9. The molecule has 184 valence electrons. The number of nitrogens with zero attached hydrogens (tertiary/aromatic N) is 3. The first kappa shape index (κ1) is 24.6. The molecule has 0 bridgehead atoms. The minimum Gasteiger partial charge on any atom is -0.488 e. The van der Waals surface area contributed by atoms with Gasteiger partial charge in [0.15, 0.2) is 11.6 Å². The second-order valence-electron chi connectivity index (χ2n) is 8.41. The fourth-order valence-electron chi connectivity index (χ4n) is 4.32. The molecule has 0 spiro atoms. The summed E-state index contributed by atoms with van der Waals surface area (Å²) < 4.78 is 57.7. The van der Waals surface area contributed by atoms with E-state index in [0.717, 1.165) is 36.2 Å². The Balaban J connectivity index is 1.37. The first-order valence-electron chi connectivity index (χ1n) is 11.0. The molecule has 1 saturated carbocycles. The second-order valence-corrected chi connectivity index (χ2v) is 9.53. The number of nitrogens with one attached hydrogen (secondary N) is 1. The highest BCUT2D eigenvalue weighted by Crippen LogP contribution is 2.35. The molecule has 4 rings (SSSR count). The zero-order valence-corrected chi connectivity index (χ0v) is 19.4. The minimum atomic E-state index is -4.26. The number of aromatic nitrogens is 2. The number of hydrogen-bond acceptors (Lipinski definition) is 7. The van der Waals surface area contributed by atoms with Crippen molar-refractivity contribution in [3.05, 3.63) is 46.9 Å². The molecule has 2 N–H and O–H groups in total. The van der Waals surface area contributed by atoms with Gasteiger partial charge in [-0.1, -0.05) is 6.07 Å². The van der Waals surface area contributed by atoms with Gasteiger partial charge in [-0.2, -0.15) is 13.2 Å². The molecular formula is C23H26F4N4O2S. The van der Waals surface area contributed by atoms with Crippen LogP contribution >= 0.6 is 11.3 Å². The summed E-state index contributed by atoms with van der Waals surface area (Å²) >= 11 is 1.05. The van der Waals surface area contributed by atoms with Crippen LogP contribution in [-0.2, 0) is 13.0 Å². The smallest absolute Gasteiger partial charge is 0.393 e. The van der Waals surface area contributed by atoms with Gasteiger partial charge < -0.3 is 20.1 Å². The molecule has 0 amide bonds. The molecule has 1 aromatic carbocycles. The summed E-state index contributed by atoms with van der Waals surface area (Å²) in [5.74, 6) is 0.287. The number of aliphatic hydroxyl groups excluding tert-OH is 1. The van der Waals surface area contributed by atoms with E-state index in [-0.39, 0.29) is 35.9 Å². The SMILES string of the molecule is CN(c1ncnc2sc(CC(F)(F)F)cc12)C1CCC(NCc2ccc(OCCO)c(F)c2)C1. The molecule has 34 heavy (non-hydrogen) atoms. The Kier molecular flexibility index (Phi) is 7.54. The van der Waals surface area contributed by atoms with Crippen LogP contribution in [0.15, 0.2) is 30.6 Å². The number of fused-ring (bicyclic) bond motifs is 1. The van der Waals surface area contributed by atoms with Gasteiger partial charge in [0.05, 0.1) is 18.4 Å². The van der Waals surface area contributed by atoms with Crippen molar-refractivity contribution < 1.29 is 27.4 Å². The summed E-state index contributed by atoms with van der Waals surface area (Å²) in [6.07, 6.45) is -1.17. The maximum absolute atomic E-state index is 14.1. The summed E-state index contributed by atoms with van der Waals surface area (Å²) in [6, 6.07) is 6.71. The van der Waals surface area contributed by atoms with Crippen molar-refractivity contribution in [2.24, 2.45) is 0 Å². The van der Waals surface area contributed by atoms with Crippen LogP contribution in [0.4, 0.5) is 23.4 Å². The fraction of sp³-hybridized carbons (Fsp3) is 0.478. The van der Waals surface area contributed by atoms with Crippen LogP contribution in [0.5, 0.6) is 5.75 Å². The second kappa shape index (κ2) is 10.4. The first-order valence-corrected chi connectivity index (χ1v) is 11.8. The van der Waals surface area contributed by atoms with Crippen molar-refractivity contribution in [2.45, 2.75) is 50.5 Å². The van der Waals surface area contributed by atoms with Crippen molar-refractivity contribution in [1.29, 1.82) is 0 Å². The van der Waals surface area contributed by atoms with Crippen molar-refractivity contribution in [1.82, 2.24) is 15.3 Å². The van der Waals surface area contributed by atoms with E-state index in [1.165, 1.54) is 12.4 Å². The average Bonchev–Trinajstić information content (AvgIpc) is 3.41. The van der Waals surface area contributed by atoms with Gasteiger partial charge in [-0.05, 0) is 43.0 Å². The van der Waals surface area contributed by atoms with Crippen LogP contribution in [0.25, 0.3) is 10.2 Å². The number of hydrogen-bond donors (Lipinski definition) is 2. The maximum Gasteiger partial charge on any atom is 0.393 e. The van der Waals surface area contributed by atoms with Crippen LogP contribution < -0.4 is 15.0 Å². The van der Waals surface area contributed by atoms with Crippen LogP contribution in [0, 0.1) is 5.82 Å². The Morgan fingerprint density at radius 1 is 1.24 bits per heavy atom. The number of aliphatic hydroxyl groups is 1. The van der Waals surface area contributed by atoms with Gasteiger partial charge in [0.1, 0.15) is 23.6 Å². The number of anilines is 1. The number of benzene rings is 1. The lowest BCUT2D eigenvalue weighted by molar-refractivity contribution is -0.126. The van der Waals surface area contributed by atoms with E-state index in [2.05, 4.69) is 15.3 Å². The Morgan fingerprint density at radius 3 is 2.79 bits per heavy atom. The quantitative estimate of drug-likeness (QED) is 0.425. The lowest BCUT2D eigenvalue weighted by Crippen LogP contribution is -2.33. The largest absolute Gasteiger partial charge is 0.488 e. The lowest BCUT2D eigenvalue weighted by Gasteiger charge is -2.26. The third-order valence-electron chi connectivity index (χ3n) is 5.96. The average molecular weight is 499 g/mol. The number of thiophene rings is 1. The molecule has 1 fully saturated rings. The maximum atomic E-state index is 14.1. The van der Waals surface area contributed by atoms with Crippen molar-refractivity contribution >= 4 is 27.4 Å². The Bertz CT molecular complexity index is 1120. The fourth-order valence-corrected chi connectivity index (χ4v) is 5.34. The van der Waals surface area contributed by atoms with E-state index in [1.807, 2.05) is 11.9 Å². The molecule has 2 unspecified atom stereocenters. The standard InChI is InChI=1S/C23H26F4N4O2S/c1-31(21-18-10-17(11-23(25,26)27)34-22(18)30-13-29-21)16-4-3-15(9-16)28-12-14-2-5-20(19(24)8-14)33-7-6-32/h2,5,8,10,13,15-16,28,32H,3-4,6-7,9,11-12H2,1H3. The predicted octanol–water partition coefficient (Wildman–Crippen LogP) is 4.45. The number of alkyl halides is 3. The van der Waals surface area contributed by atoms with E-state index in [1.54, 1.807) is 18.2 Å². The molecule has 0 aliphatic heterocycles. The van der Waals surface area contributed by atoms with Gasteiger partial charge in [-0.3, -0.25) is 0 Å². The summed E-state index contributed by atoms with van der Waals surface area (Å²) in [4.78, 5) is 11.3. The minimum absolute atomic E-state index is 0.0408. The Morgan fingerprint density at radius 2 is 2.06 bits per heavy atom. The predicted molar refractivity (Wildman–Crippen MR) is 123 cm³/mol. The van der Waals surface area contributed by atoms with E-state index in [4.69, 9.17) is 9.84 Å². The number of ether oxygens (including phenoxy) is 1. The van der Waals surface area contributed by atoms with Crippen LogP contribution in [0.2, 0.25) is 0 Å². The summed E-state index contributed by atoms with van der Waals surface area (Å²) in [6.45, 7) is 0.363. The van der Waals surface area contributed by atoms with Crippen LogP contribution in [0.1, 0.15) is 29.7 Å². The molecule has 2 atom stereocenters. The highest BCUT2D eigenvalue weighted by Gasteiger charge is 2.31. The van der Waals surface area contributed by atoms with Gasteiger partial charge in [0.25, 0.3) is 0 Å². The zero-order chi connectivity index (χ0) is 24.3. The lowest BCUT2D eigenvalue weighted by atomic mass is 10.1. The number of halogens is 4. The van der Waals surface area contributed by atoms with Gasteiger partial charge in [0.2, 0.25) is 0 Å². The van der Waals surface area contributed by atoms with E-state index in [9.17, 15) is 17.6 Å². The van der Waals surface area contributed by atoms with E-state index >= 15 is 0 Å². The molecule has 0 saturated heterocycles. The van der Waals surface area contributed by atoms with Crippen molar-refractivity contribution in [2.75, 3.05) is 25.2 Å². The molecule has 1 aliphatic carbocycles. The van der Waals surface area contributed by atoms with E-state index < -0.39 is 18.4 Å². The van der Waals surface area contributed by atoms with Crippen molar-refractivity contribution in [3.63, 3.8) is 0 Å². The topological polar surface area (TPSA) is 70.5 Å². The highest BCUT2D eigenvalue weighted by molar-refractivity contribution is 7.18. The van der Waals surface area contributed by atoms with E-state index in [0.29, 0.717) is 22.6 Å². The van der Waals surface area contributed by atoms with Gasteiger partial charge in [-0.25, -0.2) is 14.4 Å². The van der Waals surface area contributed by atoms with Gasteiger partial charge in [0, 0.05) is 30.6 Å². The van der Waals surface area contributed by atoms with Gasteiger partial charge >= 0.3 is 6.18 Å². The Labute approximate surface area is 198 Å².